The van der Waals surface area contributed by atoms with E-state index in [0.29, 0.717) is 6.42 Å². The van der Waals surface area contributed by atoms with Crippen molar-refractivity contribution >= 4 is 5.97 Å². The number of carbonyl (C=O) groups excluding carboxylic acids is 1. The molecule has 1 aliphatic carbocycles. The molecule has 3 nitrogen and oxygen atoms in total. The van der Waals surface area contributed by atoms with E-state index in [9.17, 15) is 9.90 Å². The number of carbonyl (C=O) groups is 1. The van der Waals surface area contributed by atoms with Crippen molar-refractivity contribution < 1.29 is 14.6 Å². The lowest BCUT2D eigenvalue weighted by molar-refractivity contribution is -0.199. The van der Waals surface area contributed by atoms with Gasteiger partial charge in [0.05, 0.1) is 5.92 Å². The Morgan fingerprint density at radius 3 is 2.69 bits per heavy atom. The van der Waals surface area contributed by atoms with Crippen LogP contribution >= 0.6 is 0 Å². The Morgan fingerprint density at radius 1 is 1.69 bits per heavy atom. The molecule has 1 aliphatic rings. The lowest BCUT2D eigenvalue weighted by Crippen LogP contribution is -2.30. The molecule has 1 unspecified atom stereocenters. The number of ether oxygens (including phenoxy) is 1. The molecule has 0 heterocycles. The van der Waals surface area contributed by atoms with Crippen LogP contribution in [0.2, 0.25) is 0 Å². The molecule has 0 spiro atoms. The van der Waals surface area contributed by atoms with Crippen molar-refractivity contribution in [2.75, 3.05) is 0 Å². The zero-order valence-corrected chi connectivity index (χ0v) is 8.17. The van der Waals surface area contributed by atoms with E-state index in [-0.39, 0.29) is 11.9 Å². The molecule has 1 N–H and O–H groups in total. The zero-order chi connectivity index (χ0) is 10.1. The van der Waals surface area contributed by atoms with Crippen molar-refractivity contribution in [3.05, 3.63) is 12.2 Å². The van der Waals surface area contributed by atoms with Gasteiger partial charge in [-0.15, -0.1) is 0 Å². The summed E-state index contributed by atoms with van der Waals surface area (Å²) in [5.74, 6) is -1.77. The summed E-state index contributed by atoms with van der Waals surface area (Å²) in [4.78, 5) is 11.4. The molecule has 0 saturated heterocycles. The molecule has 74 valence electrons. The summed E-state index contributed by atoms with van der Waals surface area (Å²) in [5.41, 5.74) is 1.10. The van der Waals surface area contributed by atoms with Crippen LogP contribution in [0.3, 0.4) is 0 Å². The van der Waals surface area contributed by atoms with Gasteiger partial charge in [0.25, 0.3) is 0 Å². The predicted molar refractivity (Wildman–Crippen MR) is 48.9 cm³/mol. The van der Waals surface area contributed by atoms with Gasteiger partial charge in [0.1, 0.15) is 0 Å². The number of hydrogen-bond acceptors (Lipinski definition) is 3. The molecule has 0 aliphatic heterocycles. The molecule has 1 fully saturated rings. The van der Waals surface area contributed by atoms with Gasteiger partial charge >= 0.3 is 5.97 Å². The Hall–Kier alpha value is -0.830. The van der Waals surface area contributed by atoms with E-state index in [2.05, 4.69) is 6.58 Å². The minimum atomic E-state index is -1.36. The molecule has 3 heteroatoms. The van der Waals surface area contributed by atoms with E-state index in [4.69, 9.17) is 4.74 Å². The van der Waals surface area contributed by atoms with Crippen LogP contribution in [0, 0.1) is 5.92 Å². The monoisotopic (exact) mass is 184 g/mol. The van der Waals surface area contributed by atoms with Gasteiger partial charge in [-0.1, -0.05) is 12.2 Å². The van der Waals surface area contributed by atoms with Gasteiger partial charge in [0.2, 0.25) is 5.79 Å². The quantitative estimate of drug-likeness (QED) is 0.403. The summed E-state index contributed by atoms with van der Waals surface area (Å²) in [7, 11) is 0. The fraction of sp³-hybridized carbons (Fsp3) is 0.700. The van der Waals surface area contributed by atoms with Crippen molar-refractivity contribution in [3.8, 4) is 0 Å². The molecule has 1 rings (SSSR count). The maximum atomic E-state index is 11.4. The third kappa shape index (κ3) is 3.19. The Labute approximate surface area is 78.4 Å². The molecule has 0 radical (unpaired) electrons. The van der Waals surface area contributed by atoms with Gasteiger partial charge in [0.15, 0.2) is 0 Å². The van der Waals surface area contributed by atoms with E-state index < -0.39 is 5.79 Å². The van der Waals surface area contributed by atoms with Crippen LogP contribution < -0.4 is 0 Å². The second-order valence-corrected chi connectivity index (χ2v) is 4.06. The van der Waals surface area contributed by atoms with Crippen molar-refractivity contribution in [1.82, 2.24) is 0 Å². The maximum absolute atomic E-state index is 11.4. The summed E-state index contributed by atoms with van der Waals surface area (Å²) < 4.78 is 4.85. The molecular weight excluding hydrogens is 168 g/mol. The highest BCUT2D eigenvalue weighted by Crippen LogP contribution is 2.30. The fourth-order valence-electron chi connectivity index (χ4n) is 1.46. The molecule has 0 amide bonds. The number of hydrogen-bond donors (Lipinski definition) is 1. The average Bonchev–Trinajstić information content (AvgIpc) is 2.31. The third-order valence-electron chi connectivity index (χ3n) is 2.07. The van der Waals surface area contributed by atoms with E-state index in [0.717, 1.165) is 18.4 Å². The summed E-state index contributed by atoms with van der Waals surface area (Å²) in [6.07, 6.45) is 2.40. The second kappa shape index (κ2) is 3.50. The molecule has 0 bridgehead atoms. The van der Waals surface area contributed by atoms with Crippen LogP contribution in [-0.2, 0) is 9.53 Å². The van der Waals surface area contributed by atoms with Crippen molar-refractivity contribution in [2.24, 2.45) is 5.92 Å². The second-order valence-electron chi connectivity index (χ2n) is 4.06. The Morgan fingerprint density at radius 2 is 2.31 bits per heavy atom. The van der Waals surface area contributed by atoms with Gasteiger partial charge in [-0.2, -0.15) is 0 Å². The maximum Gasteiger partial charge on any atom is 0.311 e. The number of rotatable bonds is 2. The zero-order valence-electron chi connectivity index (χ0n) is 8.17. The molecular formula is C10H16O3. The first kappa shape index (κ1) is 10.3. The van der Waals surface area contributed by atoms with Crippen LogP contribution in [-0.4, -0.2) is 16.9 Å². The summed E-state index contributed by atoms with van der Waals surface area (Å²) in [5, 5.41) is 9.25. The Kier molecular flexibility index (Phi) is 2.76. The molecule has 0 aromatic rings. The average molecular weight is 184 g/mol. The van der Waals surface area contributed by atoms with Crippen molar-refractivity contribution in [1.29, 1.82) is 0 Å². The summed E-state index contributed by atoms with van der Waals surface area (Å²) in [6, 6.07) is 0. The van der Waals surface area contributed by atoms with Crippen LogP contribution in [0.5, 0.6) is 0 Å². The Balaban J connectivity index is 2.45. The molecule has 0 aromatic heterocycles. The standard InChI is InChI=1S/C10H16O3/c1-7-4-5-8(6-7)9(11)13-10(2,3)12/h8,12H,1,4-6H2,2-3H3. The first-order chi connectivity index (χ1) is 5.88. The molecule has 13 heavy (non-hydrogen) atoms. The molecule has 0 aromatic carbocycles. The van der Waals surface area contributed by atoms with E-state index in [1.54, 1.807) is 0 Å². The first-order valence-corrected chi connectivity index (χ1v) is 4.50. The highest BCUT2D eigenvalue weighted by atomic mass is 16.7. The predicted octanol–water partition coefficient (Wildman–Crippen LogP) is 1.61. The van der Waals surface area contributed by atoms with Crippen LogP contribution in [0.25, 0.3) is 0 Å². The third-order valence-corrected chi connectivity index (χ3v) is 2.07. The van der Waals surface area contributed by atoms with Crippen LogP contribution in [0.4, 0.5) is 0 Å². The van der Waals surface area contributed by atoms with Gasteiger partial charge in [-0.05, 0) is 19.3 Å². The smallest absolute Gasteiger partial charge is 0.311 e. The highest BCUT2D eigenvalue weighted by molar-refractivity contribution is 5.73. The van der Waals surface area contributed by atoms with Gasteiger partial charge in [0, 0.05) is 13.8 Å². The first-order valence-electron chi connectivity index (χ1n) is 4.50. The highest BCUT2D eigenvalue weighted by Gasteiger charge is 2.29. The van der Waals surface area contributed by atoms with Crippen LogP contribution in [0.1, 0.15) is 33.1 Å². The largest absolute Gasteiger partial charge is 0.434 e. The van der Waals surface area contributed by atoms with Crippen LogP contribution in [0.15, 0.2) is 12.2 Å². The van der Waals surface area contributed by atoms with E-state index in [1.165, 1.54) is 13.8 Å². The minimum Gasteiger partial charge on any atom is -0.434 e. The van der Waals surface area contributed by atoms with Gasteiger partial charge in [-0.3, -0.25) is 4.79 Å². The molecule has 1 saturated carbocycles. The Bertz CT molecular complexity index is 225. The normalized spacial score (nSPS) is 23.3. The minimum absolute atomic E-state index is 0.0982. The summed E-state index contributed by atoms with van der Waals surface area (Å²) in [6.45, 7) is 6.72. The van der Waals surface area contributed by atoms with E-state index in [1.807, 2.05) is 0 Å². The fourth-order valence-corrected chi connectivity index (χ4v) is 1.46. The SMILES string of the molecule is C=C1CCC(C(=O)OC(C)(C)O)C1. The summed E-state index contributed by atoms with van der Waals surface area (Å²) >= 11 is 0. The van der Waals surface area contributed by atoms with Crippen molar-refractivity contribution in [3.63, 3.8) is 0 Å². The topological polar surface area (TPSA) is 46.5 Å². The van der Waals surface area contributed by atoms with Gasteiger partial charge in [-0.25, -0.2) is 0 Å². The number of aliphatic hydroxyl groups is 1. The van der Waals surface area contributed by atoms with Gasteiger partial charge < -0.3 is 9.84 Å². The lowest BCUT2D eigenvalue weighted by atomic mass is 10.1. The molecule has 1 atom stereocenters. The lowest BCUT2D eigenvalue weighted by Gasteiger charge is -2.20. The van der Waals surface area contributed by atoms with E-state index >= 15 is 0 Å². The van der Waals surface area contributed by atoms with Crippen molar-refractivity contribution in [2.45, 2.75) is 38.9 Å². The number of allylic oxidation sites excluding steroid dienone is 1. The number of esters is 1.